The Labute approximate surface area is 143 Å². The number of carbonyl (C=O) groups is 2. The van der Waals surface area contributed by atoms with E-state index in [0.29, 0.717) is 38.3 Å². The Hall–Kier alpha value is -2.24. The number of ether oxygens (including phenoxy) is 2. The standard InChI is InChI=1S/C18H26N2O4/c1-5-23-17(22)20-12-10-19(11-13-20)16(21)14-6-8-15(9-7-14)24-18(2,3)4/h6-9H,5,10-13H2,1-4H3. The van der Waals surface area contributed by atoms with Gasteiger partial charge in [-0.1, -0.05) is 0 Å². The molecule has 24 heavy (non-hydrogen) atoms. The minimum atomic E-state index is -0.312. The third-order valence-corrected chi connectivity index (χ3v) is 3.62. The van der Waals surface area contributed by atoms with Crippen LogP contribution in [0.25, 0.3) is 0 Å². The molecule has 2 amide bonds. The fraction of sp³-hybridized carbons (Fsp3) is 0.556. The number of carbonyl (C=O) groups excluding carboxylic acids is 2. The molecular formula is C18H26N2O4. The minimum absolute atomic E-state index is 0.0270. The number of benzene rings is 1. The van der Waals surface area contributed by atoms with E-state index >= 15 is 0 Å². The number of piperazine rings is 1. The number of nitrogens with zero attached hydrogens (tertiary/aromatic N) is 2. The van der Waals surface area contributed by atoms with Crippen molar-refractivity contribution in [1.82, 2.24) is 9.80 Å². The van der Waals surface area contributed by atoms with Crippen LogP contribution in [0.2, 0.25) is 0 Å². The lowest BCUT2D eigenvalue weighted by Gasteiger charge is -2.34. The first-order chi connectivity index (χ1) is 11.3. The van der Waals surface area contributed by atoms with Crippen LogP contribution in [0.15, 0.2) is 24.3 Å². The molecule has 0 aromatic heterocycles. The normalized spacial score (nSPS) is 15.2. The molecule has 1 aromatic carbocycles. The van der Waals surface area contributed by atoms with Crippen LogP contribution in [0.5, 0.6) is 5.75 Å². The highest BCUT2D eigenvalue weighted by Gasteiger charge is 2.25. The van der Waals surface area contributed by atoms with Crippen molar-refractivity contribution in [3.63, 3.8) is 0 Å². The quantitative estimate of drug-likeness (QED) is 0.853. The first-order valence-electron chi connectivity index (χ1n) is 8.30. The van der Waals surface area contributed by atoms with Crippen molar-refractivity contribution >= 4 is 12.0 Å². The molecule has 2 rings (SSSR count). The van der Waals surface area contributed by atoms with Gasteiger partial charge in [-0.25, -0.2) is 4.79 Å². The summed E-state index contributed by atoms with van der Waals surface area (Å²) >= 11 is 0. The SMILES string of the molecule is CCOC(=O)N1CCN(C(=O)c2ccc(OC(C)(C)C)cc2)CC1. The van der Waals surface area contributed by atoms with E-state index < -0.39 is 0 Å². The number of rotatable bonds is 3. The molecule has 0 saturated carbocycles. The summed E-state index contributed by atoms with van der Waals surface area (Å²) in [7, 11) is 0. The highest BCUT2D eigenvalue weighted by atomic mass is 16.6. The van der Waals surface area contributed by atoms with Gasteiger partial charge in [0.1, 0.15) is 11.4 Å². The summed E-state index contributed by atoms with van der Waals surface area (Å²) in [6.07, 6.45) is -0.312. The van der Waals surface area contributed by atoms with E-state index in [-0.39, 0.29) is 17.6 Å². The fourth-order valence-electron chi connectivity index (χ4n) is 2.51. The van der Waals surface area contributed by atoms with Gasteiger partial charge < -0.3 is 19.3 Å². The molecule has 1 saturated heterocycles. The van der Waals surface area contributed by atoms with Crippen molar-refractivity contribution in [3.8, 4) is 5.75 Å². The molecule has 0 spiro atoms. The third kappa shape index (κ3) is 4.88. The maximum atomic E-state index is 12.5. The monoisotopic (exact) mass is 334 g/mol. The molecule has 1 fully saturated rings. The molecule has 1 aliphatic heterocycles. The molecule has 1 heterocycles. The van der Waals surface area contributed by atoms with Gasteiger partial charge in [-0.15, -0.1) is 0 Å². The van der Waals surface area contributed by atoms with Gasteiger partial charge in [-0.2, -0.15) is 0 Å². The van der Waals surface area contributed by atoms with Gasteiger partial charge in [0.15, 0.2) is 0 Å². The Morgan fingerprint density at radius 3 is 2.04 bits per heavy atom. The molecule has 6 heteroatoms. The van der Waals surface area contributed by atoms with Gasteiger partial charge in [0, 0.05) is 31.7 Å². The van der Waals surface area contributed by atoms with E-state index in [0.717, 1.165) is 5.75 Å². The van der Waals surface area contributed by atoms with Crippen molar-refractivity contribution in [3.05, 3.63) is 29.8 Å². The Morgan fingerprint density at radius 1 is 1.00 bits per heavy atom. The van der Waals surface area contributed by atoms with Crippen molar-refractivity contribution in [2.45, 2.75) is 33.3 Å². The largest absolute Gasteiger partial charge is 0.488 e. The van der Waals surface area contributed by atoms with Crippen LogP contribution in [-0.2, 0) is 4.74 Å². The summed E-state index contributed by atoms with van der Waals surface area (Å²) in [5.74, 6) is 0.715. The molecule has 0 radical (unpaired) electrons. The predicted molar refractivity (Wildman–Crippen MR) is 91.3 cm³/mol. The average Bonchev–Trinajstić information content (AvgIpc) is 2.54. The molecule has 0 unspecified atom stereocenters. The predicted octanol–water partition coefficient (Wildman–Crippen LogP) is 2.78. The number of hydrogen-bond acceptors (Lipinski definition) is 4. The van der Waals surface area contributed by atoms with Crippen molar-refractivity contribution in [2.75, 3.05) is 32.8 Å². The highest BCUT2D eigenvalue weighted by Crippen LogP contribution is 2.19. The summed E-state index contributed by atoms with van der Waals surface area (Å²) < 4.78 is 10.7. The van der Waals surface area contributed by atoms with Gasteiger partial charge >= 0.3 is 6.09 Å². The van der Waals surface area contributed by atoms with E-state index in [4.69, 9.17) is 9.47 Å². The lowest BCUT2D eigenvalue weighted by atomic mass is 10.1. The first-order valence-corrected chi connectivity index (χ1v) is 8.30. The molecule has 6 nitrogen and oxygen atoms in total. The Morgan fingerprint density at radius 2 is 1.54 bits per heavy atom. The second-order valence-corrected chi connectivity index (χ2v) is 6.72. The van der Waals surface area contributed by atoms with Crippen molar-refractivity contribution < 1.29 is 19.1 Å². The maximum Gasteiger partial charge on any atom is 0.409 e. The first kappa shape index (κ1) is 18.1. The van der Waals surface area contributed by atoms with E-state index in [1.807, 2.05) is 32.9 Å². The van der Waals surface area contributed by atoms with Crippen LogP contribution in [0.3, 0.4) is 0 Å². The maximum absolute atomic E-state index is 12.5. The van der Waals surface area contributed by atoms with Crippen LogP contribution in [0, 0.1) is 0 Å². The number of amides is 2. The van der Waals surface area contributed by atoms with E-state index in [1.54, 1.807) is 28.9 Å². The molecule has 132 valence electrons. The topological polar surface area (TPSA) is 59.1 Å². The van der Waals surface area contributed by atoms with Gasteiger partial charge in [0.2, 0.25) is 0 Å². The van der Waals surface area contributed by atoms with Crippen molar-refractivity contribution in [2.24, 2.45) is 0 Å². The zero-order valence-electron chi connectivity index (χ0n) is 14.9. The second-order valence-electron chi connectivity index (χ2n) is 6.72. The van der Waals surface area contributed by atoms with Crippen LogP contribution in [0.4, 0.5) is 4.79 Å². The molecule has 0 aliphatic carbocycles. The summed E-state index contributed by atoms with van der Waals surface area (Å²) in [5, 5.41) is 0. The van der Waals surface area contributed by atoms with Gasteiger partial charge in [-0.3, -0.25) is 4.79 Å². The molecule has 0 bridgehead atoms. The molecule has 0 N–H and O–H groups in total. The second kappa shape index (κ2) is 7.55. The van der Waals surface area contributed by atoms with Gasteiger partial charge in [0.25, 0.3) is 5.91 Å². The molecular weight excluding hydrogens is 308 g/mol. The summed E-state index contributed by atoms with van der Waals surface area (Å²) in [6.45, 7) is 10.1. The zero-order chi connectivity index (χ0) is 17.7. The fourth-order valence-corrected chi connectivity index (χ4v) is 2.51. The Balaban J connectivity index is 1.92. The molecule has 0 atom stereocenters. The average molecular weight is 334 g/mol. The van der Waals surface area contributed by atoms with Crippen LogP contribution < -0.4 is 4.74 Å². The molecule has 1 aromatic rings. The van der Waals surface area contributed by atoms with E-state index in [2.05, 4.69) is 0 Å². The van der Waals surface area contributed by atoms with Gasteiger partial charge in [0.05, 0.1) is 6.61 Å². The van der Waals surface area contributed by atoms with E-state index in [1.165, 1.54) is 0 Å². The summed E-state index contributed by atoms with van der Waals surface area (Å²) in [5.41, 5.74) is 0.357. The van der Waals surface area contributed by atoms with Crippen molar-refractivity contribution in [1.29, 1.82) is 0 Å². The van der Waals surface area contributed by atoms with Crippen LogP contribution in [-0.4, -0.2) is 60.2 Å². The Bertz CT molecular complexity index is 570. The smallest absolute Gasteiger partial charge is 0.409 e. The zero-order valence-corrected chi connectivity index (χ0v) is 14.9. The summed E-state index contributed by atoms with van der Waals surface area (Å²) in [6, 6.07) is 7.18. The Kier molecular flexibility index (Phi) is 5.70. The minimum Gasteiger partial charge on any atom is -0.488 e. The van der Waals surface area contributed by atoms with Crippen LogP contribution >= 0.6 is 0 Å². The summed E-state index contributed by atoms with van der Waals surface area (Å²) in [4.78, 5) is 27.6. The van der Waals surface area contributed by atoms with Crippen LogP contribution in [0.1, 0.15) is 38.1 Å². The van der Waals surface area contributed by atoms with Gasteiger partial charge in [-0.05, 0) is 52.0 Å². The lowest BCUT2D eigenvalue weighted by Crippen LogP contribution is -2.50. The lowest BCUT2D eigenvalue weighted by molar-refractivity contribution is 0.0570. The third-order valence-electron chi connectivity index (χ3n) is 3.62. The highest BCUT2D eigenvalue weighted by molar-refractivity contribution is 5.94. The number of hydrogen-bond donors (Lipinski definition) is 0. The van der Waals surface area contributed by atoms with E-state index in [9.17, 15) is 9.59 Å². The molecule has 1 aliphatic rings.